The maximum atomic E-state index is 11.0. The van der Waals surface area contributed by atoms with Crippen molar-refractivity contribution in [3.8, 4) is 0 Å². The highest BCUT2D eigenvalue weighted by atomic mass is 32.1. The van der Waals surface area contributed by atoms with E-state index in [4.69, 9.17) is 0 Å². The van der Waals surface area contributed by atoms with E-state index in [2.05, 4.69) is 15.0 Å². The minimum atomic E-state index is -0.167. The summed E-state index contributed by atoms with van der Waals surface area (Å²) in [6, 6.07) is 0. The molecule has 2 heterocycles. The molecule has 0 atom stereocenters. The van der Waals surface area contributed by atoms with Crippen LogP contribution in [0.5, 0.6) is 0 Å². The van der Waals surface area contributed by atoms with Crippen molar-refractivity contribution in [1.82, 2.24) is 15.0 Å². The first-order chi connectivity index (χ1) is 6.27. The van der Waals surface area contributed by atoms with Gasteiger partial charge in [0.05, 0.1) is 11.3 Å². The fourth-order valence-corrected chi connectivity index (χ4v) is 1.63. The molecule has 2 rings (SSSR count). The molecule has 0 spiro atoms. The second-order valence-electron chi connectivity index (χ2n) is 2.12. The van der Waals surface area contributed by atoms with Crippen LogP contribution in [0, 0.1) is 6.92 Å². The van der Waals surface area contributed by atoms with E-state index in [1.165, 1.54) is 17.7 Å². The molecule has 2 aromatic rings. The topological polar surface area (TPSA) is 58.6 Å². The zero-order valence-corrected chi connectivity index (χ0v) is 8.60. The van der Waals surface area contributed by atoms with E-state index < -0.39 is 0 Å². The number of aromatic amines is 1. The first kappa shape index (κ1) is 9.85. The molecule has 70 valence electrons. The zero-order valence-electron chi connectivity index (χ0n) is 7.79. The molecular weight excluding hydrogens is 186 g/mol. The molecule has 5 heteroatoms. The number of nitrogens with zero attached hydrogens (tertiary/aromatic N) is 2. The highest BCUT2D eigenvalue weighted by Gasteiger charge is 2.03. The molecular formula is C8H11N3OS. The van der Waals surface area contributed by atoms with E-state index >= 15 is 0 Å². The van der Waals surface area contributed by atoms with Crippen molar-refractivity contribution in [2.24, 2.45) is 0 Å². The summed E-state index contributed by atoms with van der Waals surface area (Å²) in [6.07, 6.45) is 1.39. The number of nitrogens with one attached hydrogen (secondary N) is 1. The van der Waals surface area contributed by atoms with Gasteiger partial charge in [0.2, 0.25) is 0 Å². The van der Waals surface area contributed by atoms with Crippen molar-refractivity contribution in [3.63, 3.8) is 0 Å². The van der Waals surface area contributed by atoms with E-state index in [0.717, 1.165) is 5.01 Å². The van der Waals surface area contributed by atoms with Gasteiger partial charge in [-0.2, -0.15) is 0 Å². The molecule has 0 aromatic carbocycles. The number of H-pyrrole nitrogens is 1. The summed E-state index contributed by atoms with van der Waals surface area (Å²) in [7, 11) is 0. The average Bonchev–Trinajstić information content (AvgIpc) is 2.51. The number of thiazole rings is 1. The highest BCUT2D eigenvalue weighted by Crippen LogP contribution is 2.13. The number of aryl methyl sites for hydroxylation is 1. The van der Waals surface area contributed by atoms with Crippen LogP contribution in [0.4, 0.5) is 0 Å². The normalized spacial score (nSPS) is 9.46. The summed E-state index contributed by atoms with van der Waals surface area (Å²) in [5.74, 6) is 0. The third-order valence-electron chi connectivity index (χ3n) is 1.31. The van der Waals surface area contributed by atoms with Gasteiger partial charge >= 0.3 is 0 Å². The maximum Gasteiger partial charge on any atom is 0.278 e. The van der Waals surface area contributed by atoms with Gasteiger partial charge in [0.1, 0.15) is 0 Å². The van der Waals surface area contributed by atoms with Gasteiger partial charge in [-0.05, 0) is 6.92 Å². The van der Waals surface area contributed by atoms with Crippen LogP contribution in [0.15, 0.2) is 11.1 Å². The van der Waals surface area contributed by atoms with Gasteiger partial charge in [-0.3, -0.25) is 4.79 Å². The van der Waals surface area contributed by atoms with Crippen LogP contribution in [-0.4, -0.2) is 15.0 Å². The van der Waals surface area contributed by atoms with E-state index in [1.807, 2.05) is 20.8 Å². The smallest absolute Gasteiger partial charge is 0.278 e. The largest absolute Gasteiger partial charge is 0.311 e. The Labute approximate surface area is 79.7 Å². The van der Waals surface area contributed by atoms with Crippen molar-refractivity contribution < 1.29 is 0 Å². The molecule has 0 saturated carbocycles. The minimum absolute atomic E-state index is 0.167. The Morgan fingerprint density at radius 3 is 2.77 bits per heavy atom. The predicted octanol–water partition coefficient (Wildman–Crippen LogP) is 1.71. The van der Waals surface area contributed by atoms with Crippen LogP contribution in [0.3, 0.4) is 0 Å². The molecule has 1 N–H and O–H groups in total. The van der Waals surface area contributed by atoms with Crippen LogP contribution in [0.1, 0.15) is 18.9 Å². The summed E-state index contributed by atoms with van der Waals surface area (Å²) in [4.78, 5) is 22.2. The van der Waals surface area contributed by atoms with Crippen LogP contribution in [0.25, 0.3) is 10.3 Å². The van der Waals surface area contributed by atoms with Crippen LogP contribution in [0.2, 0.25) is 0 Å². The second kappa shape index (κ2) is 4.13. The monoisotopic (exact) mass is 197 g/mol. The lowest BCUT2D eigenvalue weighted by atomic mass is 10.6. The Hall–Kier alpha value is -1.23. The van der Waals surface area contributed by atoms with Gasteiger partial charge in [0.15, 0.2) is 10.3 Å². The quantitative estimate of drug-likeness (QED) is 0.699. The van der Waals surface area contributed by atoms with Crippen molar-refractivity contribution in [1.29, 1.82) is 0 Å². The fourth-order valence-electron chi connectivity index (χ4n) is 0.870. The summed E-state index contributed by atoms with van der Waals surface area (Å²) in [5, 5.41) is 0.865. The van der Waals surface area contributed by atoms with Gasteiger partial charge < -0.3 is 4.98 Å². The molecule has 0 unspecified atom stereocenters. The van der Waals surface area contributed by atoms with Gasteiger partial charge in [-0.1, -0.05) is 25.2 Å². The Bertz CT molecular complexity index is 446. The van der Waals surface area contributed by atoms with Crippen LogP contribution < -0.4 is 5.56 Å². The van der Waals surface area contributed by atoms with Gasteiger partial charge in [-0.25, -0.2) is 9.97 Å². The average molecular weight is 197 g/mol. The molecule has 0 amide bonds. The standard InChI is InChI=1S/C6H5N3OS.C2H6/c1-3-9-4-5(10)7-2-8-6(4)11-3;1-2/h2H,1H3,(H,7,8,10);1-2H3. The summed E-state index contributed by atoms with van der Waals surface area (Å²) in [5.41, 5.74) is 0.273. The number of rotatable bonds is 0. The Morgan fingerprint density at radius 1 is 1.46 bits per heavy atom. The number of fused-ring (bicyclic) bond motifs is 1. The van der Waals surface area contributed by atoms with E-state index in [9.17, 15) is 4.79 Å². The molecule has 13 heavy (non-hydrogen) atoms. The predicted molar refractivity (Wildman–Crippen MR) is 54.1 cm³/mol. The molecule has 4 nitrogen and oxygen atoms in total. The number of hydrogen-bond donors (Lipinski definition) is 1. The first-order valence-corrected chi connectivity index (χ1v) is 4.90. The molecule has 0 aliphatic heterocycles. The molecule has 2 aromatic heterocycles. The fraction of sp³-hybridized carbons (Fsp3) is 0.375. The third kappa shape index (κ3) is 1.92. The molecule has 0 aliphatic rings. The maximum absolute atomic E-state index is 11.0. The summed E-state index contributed by atoms with van der Waals surface area (Å²) in [6.45, 7) is 5.85. The van der Waals surface area contributed by atoms with Crippen molar-refractivity contribution in [2.45, 2.75) is 20.8 Å². The molecule has 0 radical (unpaired) electrons. The number of aromatic nitrogens is 3. The van der Waals surface area contributed by atoms with Crippen LogP contribution >= 0.6 is 11.3 Å². The summed E-state index contributed by atoms with van der Waals surface area (Å²) >= 11 is 1.42. The molecule has 0 fully saturated rings. The third-order valence-corrected chi connectivity index (χ3v) is 2.19. The zero-order chi connectivity index (χ0) is 9.84. The highest BCUT2D eigenvalue weighted by molar-refractivity contribution is 7.18. The van der Waals surface area contributed by atoms with Gasteiger partial charge in [0.25, 0.3) is 5.56 Å². The minimum Gasteiger partial charge on any atom is -0.311 e. The molecule has 0 saturated heterocycles. The Balaban J connectivity index is 0.000000396. The van der Waals surface area contributed by atoms with Gasteiger partial charge in [0, 0.05) is 0 Å². The lowest BCUT2D eigenvalue weighted by Crippen LogP contribution is -2.05. The first-order valence-electron chi connectivity index (χ1n) is 4.08. The van der Waals surface area contributed by atoms with E-state index in [1.54, 1.807) is 0 Å². The Morgan fingerprint density at radius 2 is 2.15 bits per heavy atom. The van der Waals surface area contributed by atoms with E-state index in [-0.39, 0.29) is 5.56 Å². The van der Waals surface area contributed by atoms with Gasteiger partial charge in [-0.15, -0.1) is 0 Å². The SMILES string of the molecule is CC.Cc1nc2c(=O)[nH]cnc2s1. The van der Waals surface area contributed by atoms with E-state index in [0.29, 0.717) is 10.3 Å². The number of hydrogen-bond acceptors (Lipinski definition) is 4. The molecule has 0 bridgehead atoms. The van der Waals surface area contributed by atoms with Crippen molar-refractivity contribution >= 4 is 21.7 Å². The Kier molecular flexibility index (Phi) is 3.13. The van der Waals surface area contributed by atoms with Crippen molar-refractivity contribution in [3.05, 3.63) is 21.7 Å². The summed E-state index contributed by atoms with van der Waals surface area (Å²) < 4.78 is 0. The van der Waals surface area contributed by atoms with Crippen molar-refractivity contribution in [2.75, 3.05) is 0 Å². The lowest BCUT2D eigenvalue weighted by Gasteiger charge is -1.81. The molecule has 0 aliphatic carbocycles. The second-order valence-corrected chi connectivity index (χ2v) is 3.30. The lowest BCUT2D eigenvalue weighted by molar-refractivity contribution is 1.16. The van der Waals surface area contributed by atoms with Crippen LogP contribution in [-0.2, 0) is 0 Å².